The smallest absolute Gasteiger partial charge is 0.311 e. The molecule has 1 N–H and O–H groups in total. The van der Waals surface area contributed by atoms with Crippen LogP contribution in [0.15, 0.2) is 42.5 Å². The predicted octanol–water partition coefficient (Wildman–Crippen LogP) is 3.81. The van der Waals surface area contributed by atoms with Crippen LogP contribution in [0.25, 0.3) is 0 Å². The number of ether oxygens (including phenoxy) is 4. The number of carbonyl (C=O) groups excluding carboxylic acids is 1. The van der Waals surface area contributed by atoms with Crippen LogP contribution in [0, 0.1) is 5.92 Å². The van der Waals surface area contributed by atoms with Crippen LogP contribution in [-0.4, -0.2) is 32.5 Å². The summed E-state index contributed by atoms with van der Waals surface area (Å²) in [4.78, 5) is 12.9. The standard InChI is InChI=1S/C23H27NO5/c1-3-11-27-17-8-5-15(6-9-17)22-21(23(25)26-4-2)18(13-24-22)16-7-10-19-20(12-16)29-14-28-19/h5-10,12,18,21-22,24H,3-4,11,13-14H2,1-2H3. The zero-order valence-corrected chi connectivity index (χ0v) is 16.9. The van der Waals surface area contributed by atoms with Gasteiger partial charge in [-0.2, -0.15) is 0 Å². The minimum absolute atomic E-state index is 0.00966. The summed E-state index contributed by atoms with van der Waals surface area (Å²) >= 11 is 0. The van der Waals surface area contributed by atoms with E-state index in [0.717, 1.165) is 34.8 Å². The van der Waals surface area contributed by atoms with E-state index in [1.54, 1.807) is 0 Å². The van der Waals surface area contributed by atoms with Crippen molar-refractivity contribution in [3.63, 3.8) is 0 Å². The highest BCUT2D eigenvalue weighted by atomic mass is 16.7. The predicted molar refractivity (Wildman–Crippen MR) is 108 cm³/mol. The van der Waals surface area contributed by atoms with E-state index in [9.17, 15) is 4.79 Å². The second kappa shape index (κ2) is 8.74. The van der Waals surface area contributed by atoms with Gasteiger partial charge in [0.05, 0.1) is 19.1 Å². The number of hydrogen-bond donors (Lipinski definition) is 1. The SMILES string of the molecule is CCCOc1ccc(C2NCC(c3ccc4c(c3)OCO4)C2C(=O)OCC)cc1. The quantitative estimate of drug-likeness (QED) is 0.717. The summed E-state index contributed by atoms with van der Waals surface area (Å²) < 4.78 is 22.1. The number of benzene rings is 2. The van der Waals surface area contributed by atoms with Crippen LogP contribution in [0.2, 0.25) is 0 Å². The van der Waals surface area contributed by atoms with Crippen LogP contribution in [0.1, 0.15) is 43.4 Å². The Kier molecular flexibility index (Phi) is 5.90. The van der Waals surface area contributed by atoms with Crippen molar-refractivity contribution in [1.82, 2.24) is 5.32 Å². The van der Waals surface area contributed by atoms with Crippen molar-refractivity contribution in [3.8, 4) is 17.2 Å². The normalized spacial score (nSPS) is 22.5. The minimum atomic E-state index is -0.322. The van der Waals surface area contributed by atoms with E-state index < -0.39 is 0 Å². The van der Waals surface area contributed by atoms with Crippen LogP contribution in [0.5, 0.6) is 17.2 Å². The zero-order valence-electron chi connectivity index (χ0n) is 16.9. The largest absolute Gasteiger partial charge is 0.494 e. The van der Waals surface area contributed by atoms with Crippen molar-refractivity contribution < 1.29 is 23.7 Å². The number of rotatable bonds is 7. The molecule has 2 heterocycles. The summed E-state index contributed by atoms with van der Waals surface area (Å²) in [7, 11) is 0. The molecule has 0 amide bonds. The molecule has 0 radical (unpaired) electrons. The number of esters is 1. The Morgan fingerprint density at radius 3 is 2.59 bits per heavy atom. The molecular weight excluding hydrogens is 370 g/mol. The molecule has 6 nitrogen and oxygen atoms in total. The zero-order chi connectivity index (χ0) is 20.2. The molecule has 0 saturated carbocycles. The third-order valence-electron chi connectivity index (χ3n) is 5.45. The molecule has 2 aliphatic heterocycles. The van der Waals surface area contributed by atoms with Gasteiger partial charge < -0.3 is 24.3 Å². The van der Waals surface area contributed by atoms with E-state index in [1.807, 2.05) is 49.4 Å². The summed E-state index contributed by atoms with van der Waals surface area (Å²) in [5, 5.41) is 3.53. The molecule has 4 rings (SSSR count). The Balaban J connectivity index is 1.60. The second-order valence-electron chi connectivity index (χ2n) is 7.30. The lowest BCUT2D eigenvalue weighted by molar-refractivity contribution is -0.148. The molecule has 29 heavy (non-hydrogen) atoms. The second-order valence-corrected chi connectivity index (χ2v) is 7.30. The van der Waals surface area contributed by atoms with Gasteiger partial charge in [0.2, 0.25) is 6.79 Å². The number of carbonyl (C=O) groups is 1. The molecule has 0 spiro atoms. The molecule has 3 atom stereocenters. The van der Waals surface area contributed by atoms with Crippen LogP contribution in [-0.2, 0) is 9.53 Å². The molecule has 2 aromatic carbocycles. The van der Waals surface area contributed by atoms with Gasteiger partial charge in [0, 0.05) is 18.5 Å². The van der Waals surface area contributed by atoms with Gasteiger partial charge >= 0.3 is 5.97 Å². The lowest BCUT2D eigenvalue weighted by atomic mass is 9.83. The highest BCUT2D eigenvalue weighted by molar-refractivity contribution is 5.76. The lowest BCUT2D eigenvalue weighted by Crippen LogP contribution is -2.27. The maximum Gasteiger partial charge on any atom is 0.311 e. The van der Waals surface area contributed by atoms with Gasteiger partial charge in [-0.05, 0) is 48.7 Å². The fourth-order valence-corrected chi connectivity index (χ4v) is 4.06. The van der Waals surface area contributed by atoms with Crippen molar-refractivity contribution in [3.05, 3.63) is 53.6 Å². The molecule has 1 fully saturated rings. The Morgan fingerprint density at radius 2 is 1.83 bits per heavy atom. The summed E-state index contributed by atoms with van der Waals surface area (Å²) in [6, 6.07) is 13.7. The van der Waals surface area contributed by atoms with Crippen molar-refractivity contribution in [2.24, 2.45) is 5.92 Å². The molecule has 2 aliphatic rings. The Labute approximate surface area is 171 Å². The summed E-state index contributed by atoms with van der Waals surface area (Å²) in [6.45, 7) is 5.89. The van der Waals surface area contributed by atoms with Crippen molar-refractivity contribution in [2.75, 3.05) is 26.6 Å². The highest BCUT2D eigenvalue weighted by Crippen LogP contribution is 2.43. The first kappa shape index (κ1) is 19.6. The third-order valence-corrected chi connectivity index (χ3v) is 5.45. The van der Waals surface area contributed by atoms with Crippen LogP contribution >= 0.6 is 0 Å². The average molecular weight is 397 g/mol. The highest BCUT2D eigenvalue weighted by Gasteiger charge is 2.43. The van der Waals surface area contributed by atoms with E-state index in [4.69, 9.17) is 18.9 Å². The molecule has 2 aromatic rings. The summed E-state index contributed by atoms with van der Waals surface area (Å²) in [5.41, 5.74) is 2.10. The Bertz CT molecular complexity index is 851. The van der Waals surface area contributed by atoms with Gasteiger partial charge in [0.1, 0.15) is 5.75 Å². The average Bonchev–Trinajstić information content (AvgIpc) is 3.39. The number of fused-ring (bicyclic) bond motifs is 1. The van der Waals surface area contributed by atoms with Crippen LogP contribution in [0.3, 0.4) is 0 Å². The van der Waals surface area contributed by atoms with E-state index in [0.29, 0.717) is 19.8 Å². The monoisotopic (exact) mass is 397 g/mol. The van der Waals surface area contributed by atoms with Crippen molar-refractivity contribution in [1.29, 1.82) is 0 Å². The fourth-order valence-electron chi connectivity index (χ4n) is 4.06. The van der Waals surface area contributed by atoms with Gasteiger partial charge in [-0.1, -0.05) is 25.1 Å². The molecule has 1 saturated heterocycles. The molecular formula is C23H27NO5. The van der Waals surface area contributed by atoms with Gasteiger partial charge in [-0.25, -0.2) is 0 Å². The van der Waals surface area contributed by atoms with Crippen LogP contribution in [0.4, 0.5) is 0 Å². The van der Waals surface area contributed by atoms with Gasteiger partial charge in [-0.3, -0.25) is 4.79 Å². The van der Waals surface area contributed by atoms with Gasteiger partial charge in [-0.15, -0.1) is 0 Å². The maximum atomic E-state index is 12.9. The summed E-state index contributed by atoms with van der Waals surface area (Å²) in [6.07, 6.45) is 0.966. The van der Waals surface area contributed by atoms with Gasteiger partial charge in [0.15, 0.2) is 11.5 Å². The first-order valence-corrected chi connectivity index (χ1v) is 10.2. The number of nitrogens with one attached hydrogen (secondary N) is 1. The first-order chi connectivity index (χ1) is 14.2. The minimum Gasteiger partial charge on any atom is -0.494 e. The van der Waals surface area contributed by atoms with E-state index in [-0.39, 0.29) is 30.6 Å². The maximum absolute atomic E-state index is 12.9. The van der Waals surface area contributed by atoms with Crippen LogP contribution < -0.4 is 19.5 Å². The van der Waals surface area contributed by atoms with Crippen molar-refractivity contribution >= 4 is 5.97 Å². The Morgan fingerprint density at radius 1 is 1.07 bits per heavy atom. The van der Waals surface area contributed by atoms with Crippen molar-refractivity contribution in [2.45, 2.75) is 32.2 Å². The molecule has 154 valence electrons. The Hall–Kier alpha value is -2.73. The third kappa shape index (κ3) is 4.03. The molecule has 0 aromatic heterocycles. The first-order valence-electron chi connectivity index (χ1n) is 10.2. The van der Waals surface area contributed by atoms with Gasteiger partial charge in [0.25, 0.3) is 0 Å². The molecule has 0 aliphatic carbocycles. The topological polar surface area (TPSA) is 66.0 Å². The van der Waals surface area contributed by atoms with E-state index in [1.165, 1.54) is 0 Å². The molecule has 6 heteroatoms. The molecule has 3 unspecified atom stereocenters. The fraction of sp³-hybridized carbons (Fsp3) is 0.435. The van der Waals surface area contributed by atoms with E-state index in [2.05, 4.69) is 12.2 Å². The number of hydrogen-bond acceptors (Lipinski definition) is 6. The summed E-state index contributed by atoms with van der Waals surface area (Å²) in [5.74, 6) is 1.80. The lowest BCUT2D eigenvalue weighted by Gasteiger charge is -2.23. The van der Waals surface area contributed by atoms with E-state index >= 15 is 0 Å². The molecule has 0 bridgehead atoms.